The highest BCUT2D eigenvalue weighted by Crippen LogP contribution is 2.24. The lowest BCUT2D eigenvalue weighted by atomic mass is 10.1. The van der Waals surface area contributed by atoms with Crippen molar-refractivity contribution >= 4 is 35.0 Å². The highest BCUT2D eigenvalue weighted by atomic mass is 35.5. The fourth-order valence-corrected chi connectivity index (χ4v) is 2.57. The number of likely N-dealkylation sites (N-methyl/N-ethyl adjacent to an activating group) is 1. The second-order valence-corrected chi connectivity index (χ2v) is 5.76. The van der Waals surface area contributed by atoms with Gasteiger partial charge in [0.2, 0.25) is 11.8 Å². The Kier molecular flexibility index (Phi) is 7.69. The van der Waals surface area contributed by atoms with E-state index < -0.39 is 6.04 Å². The molecule has 0 fully saturated rings. The highest BCUT2D eigenvalue weighted by Gasteiger charge is 2.27. The zero-order valence-corrected chi connectivity index (χ0v) is 14.7. The van der Waals surface area contributed by atoms with Gasteiger partial charge in [-0.25, -0.2) is 0 Å². The number of nitrogens with zero attached hydrogens (tertiary/aromatic N) is 1. The van der Waals surface area contributed by atoms with Crippen LogP contribution in [-0.2, 0) is 16.1 Å². The van der Waals surface area contributed by atoms with Crippen molar-refractivity contribution in [2.24, 2.45) is 0 Å². The molecule has 1 aromatic carbocycles. The summed E-state index contributed by atoms with van der Waals surface area (Å²) in [6, 6.07) is 4.75. The zero-order valence-electron chi connectivity index (χ0n) is 13.2. The average molecular weight is 345 g/mol. The predicted molar refractivity (Wildman–Crippen MR) is 90.1 cm³/mol. The summed E-state index contributed by atoms with van der Waals surface area (Å²) >= 11 is 11.9. The number of benzene rings is 1. The molecular weight excluding hydrogens is 323 g/mol. The Morgan fingerprint density at radius 2 is 1.86 bits per heavy atom. The first-order valence-electron chi connectivity index (χ1n) is 7.45. The van der Waals surface area contributed by atoms with E-state index in [0.29, 0.717) is 36.0 Å². The van der Waals surface area contributed by atoms with E-state index in [2.05, 4.69) is 5.32 Å². The number of hydrogen-bond acceptors (Lipinski definition) is 2. The van der Waals surface area contributed by atoms with Crippen molar-refractivity contribution in [3.63, 3.8) is 0 Å². The Morgan fingerprint density at radius 3 is 2.36 bits per heavy atom. The molecule has 4 nitrogen and oxygen atoms in total. The summed E-state index contributed by atoms with van der Waals surface area (Å²) in [6.07, 6.45) is 0.899. The van der Waals surface area contributed by atoms with Crippen molar-refractivity contribution in [3.8, 4) is 0 Å². The minimum absolute atomic E-state index is 0.0656. The van der Waals surface area contributed by atoms with Crippen LogP contribution >= 0.6 is 23.2 Å². The van der Waals surface area contributed by atoms with Crippen molar-refractivity contribution in [3.05, 3.63) is 33.8 Å². The van der Waals surface area contributed by atoms with Crippen LogP contribution in [0.5, 0.6) is 0 Å². The molecule has 6 heteroatoms. The van der Waals surface area contributed by atoms with Crippen molar-refractivity contribution < 1.29 is 9.59 Å². The fourth-order valence-electron chi connectivity index (χ4n) is 2.25. The summed E-state index contributed by atoms with van der Waals surface area (Å²) in [5.74, 6) is -0.198. The maximum absolute atomic E-state index is 12.3. The maximum atomic E-state index is 12.3. The average Bonchev–Trinajstić information content (AvgIpc) is 2.50. The molecule has 1 rings (SSSR count). The quantitative estimate of drug-likeness (QED) is 0.820. The topological polar surface area (TPSA) is 49.4 Å². The molecule has 0 saturated heterocycles. The predicted octanol–water partition coefficient (Wildman–Crippen LogP) is 3.65. The van der Waals surface area contributed by atoms with Crippen molar-refractivity contribution in [2.45, 2.75) is 46.2 Å². The molecule has 122 valence electrons. The van der Waals surface area contributed by atoms with E-state index in [9.17, 15) is 9.59 Å². The Bertz CT molecular complexity index is 535. The van der Waals surface area contributed by atoms with Crippen LogP contribution in [0.25, 0.3) is 0 Å². The van der Waals surface area contributed by atoms with Gasteiger partial charge in [0.25, 0.3) is 0 Å². The summed E-state index contributed by atoms with van der Waals surface area (Å²) in [5.41, 5.74) is 0.846. The normalized spacial score (nSPS) is 11.9. The third kappa shape index (κ3) is 4.89. The smallest absolute Gasteiger partial charge is 0.242 e. The van der Waals surface area contributed by atoms with Crippen LogP contribution < -0.4 is 5.32 Å². The van der Waals surface area contributed by atoms with Gasteiger partial charge in [-0.1, -0.05) is 43.1 Å². The number of rotatable bonds is 7. The van der Waals surface area contributed by atoms with Crippen LogP contribution in [0.2, 0.25) is 10.0 Å². The van der Waals surface area contributed by atoms with Crippen LogP contribution in [0.3, 0.4) is 0 Å². The van der Waals surface area contributed by atoms with E-state index in [1.54, 1.807) is 24.0 Å². The molecule has 0 spiro atoms. The zero-order chi connectivity index (χ0) is 16.7. The molecule has 1 aromatic rings. The van der Waals surface area contributed by atoms with Crippen molar-refractivity contribution in [1.82, 2.24) is 10.2 Å². The van der Waals surface area contributed by atoms with Gasteiger partial charge >= 0.3 is 0 Å². The van der Waals surface area contributed by atoms with Gasteiger partial charge in [0.15, 0.2) is 0 Å². The highest BCUT2D eigenvalue weighted by molar-refractivity contribution is 6.42. The number of halogens is 2. The number of carbonyl (C=O) groups is 2. The van der Waals surface area contributed by atoms with Gasteiger partial charge in [0.05, 0.1) is 10.0 Å². The second kappa shape index (κ2) is 9.01. The van der Waals surface area contributed by atoms with Gasteiger partial charge in [-0.3, -0.25) is 9.59 Å². The molecule has 0 saturated carbocycles. The van der Waals surface area contributed by atoms with Crippen LogP contribution in [0, 0.1) is 0 Å². The van der Waals surface area contributed by atoms with E-state index in [4.69, 9.17) is 23.2 Å². The molecule has 1 unspecified atom stereocenters. The molecule has 0 bridgehead atoms. The molecule has 0 aromatic heterocycles. The third-order valence-corrected chi connectivity index (χ3v) is 4.12. The Balaban J connectivity index is 3.03. The Hall–Kier alpha value is -1.26. The van der Waals surface area contributed by atoms with Crippen LogP contribution in [-0.4, -0.2) is 29.3 Å². The first kappa shape index (κ1) is 18.8. The molecule has 2 amide bonds. The van der Waals surface area contributed by atoms with Crippen LogP contribution in [0.1, 0.15) is 39.2 Å². The Labute approximate surface area is 141 Å². The molecule has 1 N–H and O–H groups in total. The molecular formula is C16H22Cl2N2O2. The van der Waals surface area contributed by atoms with Gasteiger partial charge in [-0.2, -0.15) is 0 Å². The standard InChI is InChI=1S/C16H22Cl2N2O2/c1-4-14(16(22)19-6-3)20(15(21)5-2)10-11-7-8-12(17)13(18)9-11/h7-9,14H,4-6,10H2,1-3H3,(H,19,22). The summed E-state index contributed by atoms with van der Waals surface area (Å²) in [4.78, 5) is 26.1. The van der Waals surface area contributed by atoms with E-state index >= 15 is 0 Å². The fraction of sp³-hybridized carbons (Fsp3) is 0.500. The summed E-state index contributed by atoms with van der Waals surface area (Å²) < 4.78 is 0. The number of carbonyl (C=O) groups excluding carboxylic acids is 2. The van der Waals surface area contributed by atoms with E-state index in [1.807, 2.05) is 19.9 Å². The molecule has 0 aliphatic carbocycles. The van der Waals surface area contributed by atoms with Gasteiger partial charge in [0.1, 0.15) is 6.04 Å². The van der Waals surface area contributed by atoms with Gasteiger partial charge < -0.3 is 10.2 Å². The minimum atomic E-state index is -0.484. The SMILES string of the molecule is CCNC(=O)C(CC)N(Cc1ccc(Cl)c(Cl)c1)C(=O)CC. The van der Waals surface area contributed by atoms with E-state index in [1.165, 1.54) is 0 Å². The number of hydrogen-bond donors (Lipinski definition) is 1. The minimum Gasteiger partial charge on any atom is -0.355 e. The molecule has 0 aliphatic heterocycles. The van der Waals surface area contributed by atoms with E-state index in [0.717, 1.165) is 5.56 Å². The van der Waals surface area contributed by atoms with E-state index in [-0.39, 0.29) is 11.8 Å². The first-order valence-corrected chi connectivity index (χ1v) is 8.21. The molecule has 1 atom stereocenters. The van der Waals surface area contributed by atoms with Gasteiger partial charge in [-0.15, -0.1) is 0 Å². The monoisotopic (exact) mass is 344 g/mol. The third-order valence-electron chi connectivity index (χ3n) is 3.38. The second-order valence-electron chi connectivity index (χ2n) is 4.94. The maximum Gasteiger partial charge on any atom is 0.242 e. The van der Waals surface area contributed by atoms with Crippen LogP contribution in [0.4, 0.5) is 0 Å². The van der Waals surface area contributed by atoms with Crippen molar-refractivity contribution in [2.75, 3.05) is 6.54 Å². The molecule has 22 heavy (non-hydrogen) atoms. The lowest BCUT2D eigenvalue weighted by molar-refractivity contribution is -0.141. The summed E-state index contributed by atoms with van der Waals surface area (Å²) in [5, 5.41) is 3.69. The first-order chi connectivity index (χ1) is 10.4. The Morgan fingerprint density at radius 1 is 1.18 bits per heavy atom. The number of nitrogens with one attached hydrogen (secondary N) is 1. The largest absolute Gasteiger partial charge is 0.355 e. The molecule has 0 heterocycles. The van der Waals surface area contributed by atoms with Crippen molar-refractivity contribution in [1.29, 1.82) is 0 Å². The lowest BCUT2D eigenvalue weighted by Gasteiger charge is -2.30. The van der Waals surface area contributed by atoms with Crippen LogP contribution in [0.15, 0.2) is 18.2 Å². The lowest BCUT2D eigenvalue weighted by Crippen LogP contribution is -2.48. The molecule has 0 aliphatic rings. The molecule has 0 radical (unpaired) electrons. The van der Waals surface area contributed by atoms with Gasteiger partial charge in [-0.05, 0) is 31.0 Å². The number of amides is 2. The van der Waals surface area contributed by atoms with Gasteiger partial charge in [0, 0.05) is 19.5 Å². The summed E-state index contributed by atoms with van der Waals surface area (Å²) in [6.45, 7) is 6.41. The summed E-state index contributed by atoms with van der Waals surface area (Å²) in [7, 11) is 0.